The van der Waals surface area contributed by atoms with Crippen LogP contribution in [0.1, 0.15) is 25.5 Å². The quantitative estimate of drug-likeness (QED) is 0.845. The fraction of sp³-hybridized carbons (Fsp3) is 0.571. The van der Waals surface area contributed by atoms with Crippen LogP contribution in [-0.4, -0.2) is 28.6 Å². The Labute approximate surface area is 134 Å². The molecule has 1 heterocycles. The number of nitrogens with one attached hydrogen (secondary N) is 1. The topological polar surface area (TPSA) is 12.0 Å². The van der Waals surface area contributed by atoms with Gasteiger partial charge in [-0.05, 0) is 18.7 Å². The van der Waals surface area contributed by atoms with E-state index in [1.165, 1.54) is 0 Å². The molecule has 1 fully saturated rings. The molecule has 4 unspecified atom stereocenters. The highest BCUT2D eigenvalue weighted by Crippen LogP contribution is 2.42. The van der Waals surface area contributed by atoms with E-state index in [2.05, 4.69) is 37.0 Å². The first-order chi connectivity index (χ1) is 9.04. The van der Waals surface area contributed by atoms with E-state index in [-0.39, 0.29) is 6.04 Å². The fourth-order valence-corrected chi connectivity index (χ4v) is 5.86. The van der Waals surface area contributed by atoms with Gasteiger partial charge in [0.15, 0.2) is 0 Å². The third-order valence-electron chi connectivity index (χ3n) is 3.57. The fourth-order valence-electron chi connectivity index (χ4n) is 2.28. The monoisotopic (exact) mass is 335 g/mol. The molecule has 1 aliphatic heterocycles. The van der Waals surface area contributed by atoms with Crippen molar-refractivity contribution in [3.8, 4) is 0 Å². The summed E-state index contributed by atoms with van der Waals surface area (Å²) in [6.07, 6.45) is 0. The third-order valence-corrected chi connectivity index (χ3v) is 7.90. The highest BCUT2D eigenvalue weighted by atomic mass is 35.5. The van der Waals surface area contributed by atoms with Crippen LogP contribution in [0.3, 0.4) is 0 Å². The summed E-state index contributed by atoms with van der Waals surface area (Å²) < 4.78 is 0. The summed E-state index contributed by atoms with van der Waals surface area (Å²) >= 11 is 16.6. The van der Waals surface area contributed by atoms with E-state index in [4.69, 9.17) is 23.2 Å². The number of thioether (sulfide) groups is 2. The minimum absolute atomic E-state index is 0.249. The van der Waals surface area contributed by atoms with E-state index in [1.807, 2.05) is 30.9 Å². The van der Waals surface area contributed by atoms with E-state index < -0.39 is 0 Å². The number of rotatable bonds is 3. The molecule has 1 saturated heterocycles. The normalized spacial score (nSPS) is 29.2. The molecular formula is C14H19Cl2NS2. The molecule has 0 saturated carbocycles. The first-order valence-corrected chi connectivity index (χ1v) is 9.17. The molecule has 0 aromatic heterocycles. The minimum atomic E-state index is 0.249. The van der Waals surface area contributed by atoms with Crippen molar-refractivity contribution >= 4 is 46.7 Å². The molecule has 2 rings (SSSR count). The summed E-state index contributed by atoms with van der Waals surface area (Å²) in [4.78, 5) is 0. The second kappa shape index (κ2) is 6.95. The van der Waals surface area contributed by atoms with Crippen molar-refractivity contribution in [1.82, 2.24) is 5.32 Å². The van der Waals surface area contributed by atoms with Crippen LogP contribution in [-0.2, 0) is 0 Å². The molecule has 106 valence electrons. The zero-order valence-corrected chi connectivity index (χ0v) is 14.5. The molecule has 1 N–H and O–H groups in total. The van der Waals surface area contributed by atoms with Gasteiger partial charge in [-0.15, -0.1) is 0 Å². The van der Waals surface area contributed by atoms with Gasteiger partial charge in [-0.25, -0.2) is 0 Å². The van der Waals surface area contributed by atoms with Crippen molar-refractivity contribution in [1.29, 1.82) is 0 Å². The van der Waals surface area contributed by atoms with Crippen LogP contribution >= 0.6 is 46.7 Å². The van der Waals surface area contributed by atoms with Crippen molar-refractivity contribution in [3.05, 3.63) is 33.8 Å². The second-order valence-corrected chi connectivity index (χ2v) is 8.64. The van der Waals surface area contributed by atoms with Gasteiger partial charge in [-0.2, -0.15) is 23.5 Å². The summed E-state index contributed by atoms with van der Waals surface area (Å²) in [7, 11) is 2.00. The van der Waals surface area contributed by atoms with Crippen LogP contribution in [0.2, 0.25) is 10.0 Å². The maximum Gasteiger partial charge on any atom is 0.0640 e. The van der Waals surface area contributed by atoms with Crippen molar-refractivity contribution in [2.45, 2.75) is 35.6 Å². The van der Waals surface area contributed by atoms with Crippen molar-refractivity contribution in [2.24, 2.45) is 0 Å². The maximum atomic E-state index is 6.36. The van der Waals surface area contributed by atoms with Gasteiger partial charge < -0.3 is 5.32 Å². The zero-order valence-electron chi connectivity index (χ0n) is 11.3. The van der Waals surface area contributed by atoms with Crippen LogP contribution in [0.15, 0.2) is 18.2 Å². The van der Waals surface area contributed by atoms with Gasteiger partial charge in [-0.1, -0.05) is 49.2 Å². The first-order valence-electron chi connectivity index (χ1n) is 6.42. The summed E-state index contributed by atoms with van der Waals surface area (Å²) in [6, 6.07) is 6.14. The lowest BCUT2D eigenvalue weighted by atomic mass is 10.0. The largest absolute Gasteiger partial charge is 0.312 e. The van der Waals surface area contributed by atoms with Crippen LogP contribution in [0.5, 0.6) is 0 Å². The predicted molar refractivity (Wildman–Crippen MR) is 91.0 cm³/mol. The molecule has 0 radical (unpaired) electrons. The van der Waals surface area contributed by atoms with E-state index in [9.17, 15) is 0 Å². The van der Waals surface area contributed by atoms with Crippen LogP contribution in [0.25, 0.3) is 0 Å². The Morgan fingerprint density at radius 1 is 1.26 bits per heavy atom. The number of hydrogen-bond donors (Lipinski definition) is 1. The lowest BCUT2D eigenvalue weighted by Gasteiger charge is -2.36. The molecule has 19 heavy (non-hydrogen) atoms. The van der Waals surface area contributed by atoms with Gasteiger partial charge in [0.05, 0.1) is 10.0 Å². The van der Waals surface area contributed by atoms with Crippen molar-refractivity contribution in [3.63, 3.8) is 0 Å². The Balaban J connectivity index is 2.22. The molecule has 1 aliphatic rings. The van der Waals surface area contributed by atoms with Gasteiger partial charge >= 0.3 is 0 Å². The van der Waals surface area contributed by atoms with Gasteiger partial charge in [0.25, 0.3) is 0 Å². The lowest BCUT2D eigenvalue weighted by Crippen LogP contribution is -2.35. The van der Waals surface area contributed by atoms with Crippen molar-refractivity contribution in [2.75, 3.05) is 12.8 Å². The Bertz CT molecular complexity index is 441. The number of hydrogen-bond acceptors (Lipinski definition) is 3. The third kappa shape index (κ3) is 3.56. The first kappa shape index (κ1) is 15.8. The Morgan fingerprint density at radius 2 is 2.00 bits per heavy atom. The Kier molecular flexibility index (Phi) is 5.79. The molecular weight excluding hydrogens is 317 g/mol. The molecule has 5 heteroatoms. The van der Waals surface area contributed by atoms with Gasteiger partial charge in [-0.3, -0.25) is 0 Å². The van der Waals surface area contributed by atoms with Gasteiger partial charge in [0, 0.05) is 27.5 Å². The highest BCUT2D eigenvalue weighted by Gasteiger charge is 2.32. The standard InChI is InChI=1S/C14H19Cl2NS2/c1-8-9(2)19-12(7-18-8)14(17-3)10-5-4-6-11(15)13(10)16/h4-6,8-9,12,14,17H,7H2,1-3H3. The summed E-state index contributed by atoms with van der Waals surface area (Å²) in [6.45, 7) is 4.61. The van der Waals surface area contributed by atoms with Gasteiger partial charge in [0.1, 0.15) is 0 Å². The zero-order chi connectivity index (χ0) is 14.0. The molecule has 0 bridgehead atoms. The van der Waals surface area contributed by atoms with E-state index in [0.717, 1.165) is 11.3 Å². The van der Waals surface area contributed by atoms with Crippen molar-refractivity contribution < 1.29 is 0 Å². The van der Waals surface area contributed by atoms with E-state index >= 15 is 0 Å². The van der Waals surface area contributed by atoms with Crippen LogP contribution in [0.4, 0.5) is 0 Å². The smallest absolute Gasteiger partial charge is 0.0640 e. The Hall–Kier alpha value is 0.460. The van der Waals surface area contributed by atoms with E-state index in [0.29, 0.717) is 25.8 Å². The molecule has 1 aromatic rings. The van der Waals surface area contributed by atoms with E-state index in [1.54, 1.807) is 0 Å². The minimum Gasteiger partial charge on any atom is -0.312 e. The summed E-state index contributed by atoms with van der Waals surface area (Å²) in [5.74, 6) is 1.14. The molecule has 1 aromatic carbocycles. The SMILES string of the molecule is CNC(c1cccc(Cl)c1Cl)C1CSC(C)C(C)S1. The number of benzene rings is 1. The maximum absolute atomic E-state index is 6.36. The van der Waals surface area contributed by atoms with Gasteiger partial charge in [0.2, 0.25) is 0 Å². The van der Waals surface area contributed by atoms with Crippen LogP contribution < -0.4 is 5.32 Å². The molecule has 0 aliphatic carbocycles. The second-order valence-electron chi connectivity index (χ2n) is 4.83. The van der Waals surface area contributed by atoms with Crippen LogP contribution in [0, 0.1) is 0 Å². The highest BCUT2D eigenvalue weighted by molar-refractivity contribution is 8.07. The predicted octanol–water partition coefficient (Wildman–Crippen LogP) is 4.88. The summed E-state index contributed by atoms with van der Waals surface area (Å²) in [5.41, 5.74) is 1.11. The lowest BCUT2D eigenvalue weighted by molar-refractivity contribution is 0.588. The average molecular weight is 336 g/mol. The number of halogens is 2. The summed E-state index contributed by atoms with van der Waals surface area (Å²) in [5, 5.41) is 6.63. The molecule has 1 nitrogen and oxygen atoms in total. The molecule has 0 spiro atoms. The molecule has 0 amide bonds. The Morgan fingerprint density at radius 3 is 2.63 bits per heavy atom. The average Bonchev–Trinajstić information content (AvgIpc) is 2.39. The molecule has 4 atom stereocenters.